The van der Waals surface area contributed by atoms with Gasteiger partial charge >= 0.3 is 5.97 Å². The molecule has 2 aromatic carbocycles. The van der Waals surface area contributed by atoms with Gasteiger partial charge in [-0.25, -0.2) is 4.79 Å². The maximum Gasteiger partial charge on any atom is 0.340 e. The van der Waals surface area contributed by atoms with Gasteiger partial charge in [-0.2, -0.15) is 0 Å². The summed E-state index contributed by atoms with van der Waals surface area (Å²) < 4.78 is 5.20. The maximum atomic E-state index is 13.2. The first-order chi connectivity index (χ1) is 15.0. The van der Waals surface area contributed by atoms with E-state index in [0.29, 0.717) is 31.0 Å². The Labute approximate surface area is 187 Å². The molecule has 6 heteroatoms. The number of esters is 1. The van der Waals surface area contributed by atoms with Crippen LogP contribution >= 0.6 is 11.8 Å². The molecule has 5 nitrogen and oxygen atoms in total. The minimum Gasteiger partial charge on any atom is -0.462 e. The van der Waals surface area contributed by atoms with E-state index in [9.17, 15) is 9.59 Å². The van der Waals surface area contributed by atoms with Crippen LogP contribution in [0.2, 0.25) is 0 Å². The molecule has 1 N–H and O–H groups in total. The Morgan fingerprint density at radius 2 is 1.61 bits per heavy atom. The van der Waals surface area contributed by atoms with Gasteiger partial charge in [-0.15, -0.1) is 11.8 Å². The molecule has 3 rings (SSSR count). The average Bonchev–Trinajstić information content (AvgIpc) is 3.06. The van der Waals surface area contributed by atoms with Crippen LogP contribution in [0.4, 0.5) is 0 Å². The molecule has 31 heavy (non-hydrogen) atoms. The van der Waals surface area contributed by atoms with Crippen molar-refractivity contribution in [3.63, 3.8) is 0 Å². The summed E-state index contributed by atoms with van der Waals surface area (Å²) in [5.74, 6) is 0.0583. The minimum absolute atomic E-state index is 0.0436. The van der Waals surface area contributed by atoms with Crippen molar-refractivity contribution in [3.8, 4) is 0 Å². The SMILES string of the molecule is CCOC(=O)c1c(C)[nH]c(CN(Cc2ccccc2)C(=O)CSc2ccccc2)c1C. The number of H-pyrrole nitrogens is 1. The molecule has 0 radical (unpaired) electrons. The molecule has 0 atom stereocenters. The molecular formula is C25H28N2O3S. The maximum absolute atomic E-state index is 13.2. The van der Waals surface area contributed by atoms with E-state index in [1.165, 1.54) is 11.8 Å². The second kappa shape index (κ2) is 10.9. The molecular weight excluding hydrogens is 408 g/mol. The van der Waals surface area contributed by atoms with Crippen molar-refractivity contribution in [3.05, 3.63) is 88.7 Å². The molecule has 0 spiro atoms. The van der Waals surface area contributed by atoms with Gasteiger partial charge in [-0.05, 0) is 44.0 Å². The van der Waals surface area contributed by atoms with Crippen LogP contribution in [0.1, 0.15) is 39.8 Å². The van der Waals surface area contributed by atoms with Crippen molar-refractivity contribution in [1.29, 1.82) is 0 Å². The lowest BCUT2D eigenvalue weighted by Crippen LogP contribution is -2.32. The number of benzene rings is 2. The number of nitrogens with one attached hydrogen (secondary N) is 1. The van der Waals surface area contributed by atoms with Gasteiger partial charge in [0.25, 0.3) is 0 Å². The summed E-state index contributed by atoms with van der Waals surface area (Å²) in [5.41, 5.74) is 4.07. The van der Waals surface area contributed by atoms with Crippen LogP contribution in [0.15, 0.2) is 65.6 Å². The number of aromatic nitrogens is 1. The van der Waals surface area contributed by atoms with Gasteiger partial charge in [0.2, 0.25) is 5.91 Å². The zero-order chi connectivity index (χ0) is 22.2. The van der Waals surface area contributed by atoms with E-state index in [4.69, 9.17) is 4.74 Å². The van der Waals surface area contributed by atoms with E-state index in [1.807, 2.05) is 79.4 Å². The van der Waals surface area contributed by atoms with Crippen LogP contribution in [0, 0.1) is 13.8 Å². The van der Waals surface area contributed by atoms with Gasteiger partial charge in [0, 0.05) is 22.8 Å². The van der Waals surface area contributed by atoms with Crippen molar-refractivity contribution in [1.82, 2.24) is 9.88 Å². The van der Waals surface area contributed by atoms with E-state index in [0.717, 1.165) is 27.4 Å². The summed E-state index contributed by atoms with van der Waals surface area (Å²) in [6, 6.07) is 19.8. The molecule has 162 valence electrons. The minimum atomic E-state index is -0.333. The number of aryl methyl sites for hydroxylation is 1. The number of thioether (sulfide) groups is 1. The Balaban J connectivity index is 1.80. The predicted octanol–water partition coefficient (Wildman–Crippen LogP) is 5.13. The summed E-state index contributed by atoms with van der Waals surface area (Å²) >= 11 is 1.53. The molecule has 0 bridgehead atoms. The zero-order valence-corrected chi connectivity index (χ0v) is 19.0. The van der Waals surface area contributed by atoms with Crippen molar-refractivity contribution in [2.75, 3.05) is 12.4 Å². The van der Waals surface area contributed by atoms with Crippen molar-refractivity contribution >= 4 is 23.6 Å². The quantitative estimate of drug-likeness (QED) is 0.373. The molecule has 0 aliphatic carbocycles. The van der Waals surface area contributed by atoms with E-state index in [-0.39, 0.29) is 11.9 Å². The zero-order valence-electron chi connectivity index (χ0n) is 18.2. The fourth-order valence-electron chi connectivity index (χ4n) is 3.46. The average molecular weight is 437 g/mol. The Hall–Kier alpha value is -2.99. The first kappa shape index (κ1) is 22.7. The van der Waals surface area contributed by atoms with Crippen LogP contribution in [0.5, 0.6) is 0 Å². The third kappa shape index (κ3) is 6.01. The highest BCUT2D eigenvalue weighted by atomic mass is 32.2. The molecule has 3 aromatic rings. The number of nitrogens with zero attached hydrogens (tertiary/aromatic N) is 1. The van der Waals surface area contributed by atoms with Crippen molar-refractivity contribution < 1.29 is 14.3 Å². The summed E-state index contributed by atoms with van der Waals surface area (Å²) in [4.78, 5) is 31.7. The fourth-order valence-corrected chi connectivity index (χ4v) is 4.28. The smallest absolute Gasteiger partial charge is 0.340 e. The lowest BCUT2D eigenvalue weighted by molar-refractivity contribution is -0.129. The number of hydrogen-bond acceptors (Lipinski definition) is 4. The number of amides is 1. The Morgan fingerprint density at radius 1 is 0.968 bits per heavy atom. The highest BCUT2D eigenvalue weighted by Crippen LogP contribution is 2.23. The number of carbonyl (C=O) groups is 2. The first-order valence-corrected chi connectivity index (χ1v) is 11.3. The monoisotopic (exact) mass is 436 g/mol. The second-order valence-electron chi connectivity index (χ2n) is 7.29. The van der Waals surface area contributed by atoms with Crippen molar-refractivity contribution in [2.24, 2.45) is 0 Å². The third-order valence-corrected chi connectivity index (χ3v) is 6.04. The summed E-state index contributed by atoms with van der Waals surface area (Å²) in [6.07, 6.45) is 0. The second-order valence-corrected chi connectivity index (χ2v) is 8.33. The lowest BCUT2D eigenvalue weighted by Gasteiger charge is -2.23. The molecule has 1 amide bonds. The molecule has 0 saturated heterocycles. The fraction of sp³-hybridized carbons (Fsp3) is 0.280. The van der Waals surface area contributed by atoms with Crippen LogP contribution < -0.4 is 0 Å². The summed E-state index contributed by atoms with van der Waals surface area (Å²) in [5, 5.41) is 0. The van der Waals surface area contributed by atoms with Gasteiger partial charge in [0.1, 0.15) is 0 Å². The highest BCUT2D eigenvalue weighted by Gasteiger charge is 2.22. The van der Waals surface area contributed by atoms with Crippen molar-refractivity contribution in [2.45, 2.75) is 38.8 Å². The van der Waals surface area contributed by atoms with Gasteiger partial charge in [0.05, 0.1) is 24.5 Å². The number of carbonyl (C=O) groups excluding carboxylic acids is 2. The molecule has 0 aliphatic rings. The first-order valence-electron chi connectivity index (χ1n) is 10.3. The number of rotatable bonds is 9. The molecule has 1 aromatic heterocycles. The van der Waals surface area contributed by atoms with Crippen LogP contribution in [0.25, 0.3) is 0 Å². The highest BCUT2D eigenvalue weighted by molar-refractivity contribution is 8.00. The van der Waals surface area contributed by atoms with E-state index >= 15 is 0 Å². The Bertz CT molecular complexity index is 1020. The molecule has 0 saturated carbocycles. The Kier molecular flexibility index (Phi) is 7.95. The molecule has 0 fully saturated rings. The number of ether oxygens (including phenoxy) is 1. The summed E-state index contributed by atoms with van der Waals surface area (Å²) in [6.45, 7) is 6.77. The number of aromatic amines is 1. The molecule has 1 heterocycles. The lowest BCUT2D eigenvalue weighted by atomic mass is 10.1. The standard InChI is InChI=1S/C25H28N2O3S/c1-4-30-25(29)24-18(2)22(26-19(24)3)16-27(15-20-11-7-5-8-12-20)23(28)17-31-21-13-9-6-10-14-21/h5-14,26H,4,15-17H2,1-3H3. The Morgan fingerprint density at radius 3 is 2.26 bits per heavy atom. The third-order valence-electron chi connectivity index (χ3n) is 5.04. The number of hydrogen-bond donors (Lipinski definition) is 1. The van der Waals surface area contributed by atoms with Crippen LogP contribution in [-0.4, -0.2) is 34.1 Å². The largest absolute Gasteiger partial charge is 0.462 e. The normalized spacial score (nSPS) is 10.7. The van der Waals surface area contributed by atoms with Crippen LogP contribution in [0.3, 0.4) is 0 Å². The van der Waals surface area contributed by atoms with E-state index in [2.05, 4.69) is 4.98 Å². The van der Waals surface area contributed by atoms with E-state index < -0.39 is 0 Å². The van der Waals surface area contributed by atoms with Gasteiger partial charge in [-0.1, -0.05) is 48.5 Å². The van der Waals surface area contributed by atoms with Crippen LogP contribution in [-0.2, 0) is 22.6 Å². The summed E-state index contributed by atoms with van der Waals surface area (Å²) in [7, 11) is 0. The van der Waals surface area contributed by atoms with Gasteiger partial charge in [-0.3, -0.25) is 4.79 Å². The predicted molar refractivity (Wildman–Crippen MR) is 124 cm³/mol. The topological polar surface area (TPSA) is 62.4 Å². The van der Waals surface area contributed by atoms with E-state index in [1.54, 1.807) is 6.92 Å². The van der Waals surface area contributed by atoms with Gasteiger partial charge < -0.3 is 14.6 Å². The molecule has 0 aliphatic heterocycles. The van der Waals surface area contributed by atoms with Gasteiger partial charge in [0.15, 0.2) is 0 Å². The molecule has 0 unspecified atom stereocenters.